The number of esters is 1. The minimum absolute atomic E-state index is 0.0479. The number of hydrogen-bond donors (Lipinski definition) is 0. The molecule has 0 N–H and O–H groups in total. The SMILES string of the molecule is CCOC(=O)C1CCCN(c2c(N3CCN(C(=O)CCOc4ccccc4)CC3)cnn(-c3ccccc3)c2=O)C1. The van der Waals surface area contributed by atoms with Crippen molar-refractivity contribution in [2.45, 2.75) is 26.2 Å². The summed E-state index contributed by atoms with van der Waals surface area (Å²) in [7, 11) is 0. The predicted octanol–water partition coefficient (Wildman–Crippen LogP) is 3.13. The van der Waals surface area contributed by atoms with Crippen LogP contribution in [0.2, 0.25) is 0 Å². The quantitative estimate of drug-likeness (QED) is 0.369. The first kappa shape index (κ1) is 28.2. The second-order valence-corrected chi connectivity index (χ2v) is 10.2. The molecule has 2 aliphatic heterocycles. The highest BCUT2D eigenvalue weighted by Crippen LogP contribution is 2.31. The normalized spacial score (nSPS) is 17.3. The second-order valence-electron chi connectivity index (χ2n) is 10.2. The maximum Gasteiger partial charge on any atom is 0.310 e. The predicted molar refractivity (Wildman–Crippen MR) is 157 cm³/mol. The van der Waals surface area contributed by atoms with Gasteiger partial charge in [0.15, 0.2) is 0 Å². The molecular formula is C31H37N5O5. The average Bonchev–Trinajstić information content (AvgIpc) is 3.02. The van der Waals surface area contributed by atoms with Crippen molar-refractivity contribution < 1.29 is 19.1 Å². The zero-order valence-corrected chi connectivity index (χ0v) is 23.5. The largest absolute Gasteiger partial charge is 0.493 e. The van der Waals surface area contributed by atoms with Crippen LogP contribution in [0.3, 0.4) is 0 Å². The Balaban J connectivity index is 1.32. The van der Waals surface area contributed by atoms with Crippen LogP contribution in [0.5, 0.6) is 5.75 Å². The fourth-order valence-corrected chi connectivity index (χ4v) is 5.48. The highest BCUT2D eigenvalue weighted by molar-refractivity contribution is 5.78. The summed E-state index contributed by atoms with van der Waals surface area (Å²) in [6.45, 7) is 5.76. The number of carbonyl (C=O) groups is 2. The Kier molecular flexibility index (Phi) is 9.18. The lowest BCUT2D eigenvalue weighted by Crippen LogP contribution is -2.50. The zero-order chi connectivity index (χ0) is 28.6. The van der Waals surface area contributed by atoms with E-state index in [0.717, 1.165) is 24.3 Å². The van der Waals surface area contributed by atoms with Gasteiger partial charge in [0.2, 0.25) is 5.91 Å². The molecule has 1 atom stereocenters. The van der Waals surface area contributed by atoms with Crippen molar-refractivity contribution in [2.24, 2.45) is 5.92 Å². The molecule has 2 saturated heterocycles. The number of hydrogen-bond acceptors (Lipinski definition) is 8. The first-order valence-electron chi connectivity index (χ1n) is 14.3. The van der Waals surface area contributed by atoms with Gasteiger partial charge >= 0.3 is 5.97 Å². The van der Waals surface area contributed by atoms with Gasteiger partial charge in [0, 0.05) is 39.3 Å². The van der Waals surface area contributed by atoms with Crippen molar-refractivity contribution in [2.75, 3.05) is 62.3 Å². The summed E-state index contributed by atoms with van der Waals surface area (Å²) in [5, 5.41) is 4.53. The first-order chi connectivity index (χ1) is 20.0. The van der Waals surface area contributed by atoms with Crippen molar-refractivity contribution in [1.29, 1.82) is 0 Å². The lowest BCUT2D eigenvalue weighted by Gasteiger charge is -2.39. The maximum atomic E-state index is 14.0. The third kappa shape index (κ3) is 6.70. The molecule has 0 aliphatic carbocycles. The van der Waals surface area contributed by atoms with Gasteiger partial charge in [0.25, 0.3) is 5.56 Å². The number of para-hydroxylation sites is 2. The second kappa shape index (κ2) is 13.3. The van der Waals surface area contributed by atoms with Crippen LogP contribution < -0.4 is 20.1 Å². The van der Waals surface area contributed by atoms with E-state index in [-0.39, 0.29) is 23.4 Å². The monoisotopic (exact) mass is 559 g/mol. The molecule has 10 nitrogen and oxygen atoms in total. The molecule has 10 heteroatoms. The highest BCUT2D eigenvalue weighted by Gasteiger charge is 2.32. The van der Waals surface area contributed by atoms with E-state index in [2.05, 4.69) is 10.00 Å². The zero-order valence-electron chi connectivity index (χ0n) is 23.5. The van der Waals surface area contributed by atoms with E-state index in [1.165, 1.54) is 4.68 Å². The van der Waals surface area contributed by atoms with E-state index in [1.54, 1.807) is 13.1 Å². The van der Waals surface area contributed by atoms with E-state index in [9.17, 15) is 14.4 Å². The van der Waals surface area contributed by atoms with E-state index in [0.29, 0.717) is 70.3 Å². The number of aromatic nitrogens is 2. The molecule has 2 fully saturated rings. The van der Waals surface area contributed by atoms with Crippen molar-refractivity contribution in [1.82, 2.24) is 14.7 Å². The van der Waals surface area contributed by atoms with Gasteiger partial charge in [-0.15, -0.1) is 0 Å². The van der Waals surface area contributed by atoms with Gasteiger partial charge < -0.3 is 24.2 Å². The molecule has 0 radical (unpaired) electrons. The standard InChI is InChI=1S/C31H37N5O5/c1-2-40-31(39)24-10-9-16-35(23-24)29-27(22-32-36(30(29)38)25-11-5-3-6-12-25)33-17-19-34(20-18-33)28(37)15-21-41-26-13-7-4-8-14-26/h3-8,11-14,22,24H,2,9-10,15-21,23H2,1H3. The van der Waals surface area contributed by atoms with Crippen molar-refractivity contribution in [3.05, 3.63) is 77.2 Å². The van der Waals surface area contributed by atoms with E-state index >= 15 is 0 Å². The van der Waals surface area contributed by atoms with Gasteiger partial charge in [-0.2, -0.15) is 9.78 Å². The highest BCUT2D eigenvalue weighted by atomic mass is 16.5. The molecule has 0 bridgehead atoms. The summed E-state index contributed by atoms with van der Waals surface area (Å²) in [6, 6.07) is 18.8. The number of anilines is 2. The van der Waals surface area contributed by atoms with Crippen molar-refractivity contribution in [3.8, 4) is 11.4 Å². The van der Waals surface area contributed by atoms with Gasteiger partial charge in [-0.25, -0.2) is 0 Å². The lowest BCUT2D eigenvalue weighted by molar-refractivity contribution is -0.148. The molecule has 216 valence electrons. The first-order valence-corrected chi connectivity index (χ1v) is 14.3. The van der Waals surface area contributed by atoms with E-state index in [1.807, 2.05) is 70.5 Å². The van der Waals surface area contributed by atoms with Crippen LogP contribution in [0.1, 0.15) is 26.2 Å². The molecule has 41 heavy (non-hydrogen) atoms. The van der Waals surface area contributed by atoms with E-state index in [4.69, 9.17) is 9.47 Å². The Hall–Kier alpha value is -4.34. The summed E-state index contributed by atoms with van der Waals surface area (Å²) in [5.74, 6) is 0.284. The number of piperazine rings is 1. The molecule has 1 aromatic heterocycles. The molecule has 3 heterocycles. The van der Waals surface area contributed by atoms with Gasteiger partial charge in [-0.3, -0.25) is 14.4 Å². The topological polar surface area (TPSA) is 97.2 Å². The third-order valence-corrected chi connectivity index (χ3v) is 7.59. The number of ether oxygens (including phenoxy) is 2. The molecule has 5 rings (SSSR count). The molecule has 2 aromatic carbocycles. The van der Waals surface area contributed by atoms with Gasteiger partial charge in [0.05, 0.1) is 43.1 Å². The number of carbonyl (C=O) groups excluding carboxylic acids is 2. The molecular weight excluding hydrogens is 522 g/mol. The third-order valence-electron chi connectivity index (χ3n) is 7.59. The lowest BCUT2D eigenvalue weighted by atomic mass is 9.97. The Morgan fingerprint density at radius 3 is 2.34 bits per heavy atom. The fraction of sp³-hybridized carbons (Fsp3) is 0.419. The minimum Gasteiger partial charge on any atom is -0.493 e. The van der Waals surface area contributed by atoms with Crippen LogP contribution in [0.25, 0.3) is 5.69 Å². The van der Waals surface area contributed by atoms with Crippen LogP contribution >= 0.6 is 0 Å². The summed E-state index contributed by atoms with van der Waals surface area (Å²) in [4.78, 5) is 45.4. The van der Waals surface area contributed by atoms with Crippen molar-refractivity contribution >= 4 is 23.3 Å². The van der Waals surface area contributed by atoms with Gasteiger partial charge in [-0.1, -0.05) is 36.4 Å². The molecule has 2 aliphatic rings. The summed E-state index contributed by atoms with van der Waals surface area (Å²) < 4.78 is 12.4. The number of nitrogens with zero attached hydrogens (tertiary/aromatic N) is 5. The molecule has 0 spiro atoms. The summed E-state index contributed by atoms with van der Waals surface area (Å²) in [6.07, 6.45) is 3.56. The smallest absolute Gasteiger partial charge is 0.310 e. The van der Waals surface area contributed by atoms with Crippen LogP contribution in [0.15, 0.2) is 71.7 Å². The average molecular weight is 560 g/mol. The van der Waals surface area contributed by atoms with Crippen LogP contribution in [0, 0.1) is 5.92 Å². The molecule has 1 unspecified atom stereocenters. The maximum absolute atomic E-state index is 14.0. The van der Waals surface area contributed by atoms with Crippen LogP contribution in [-0.4, -0.2) is 79.0 Å². The fourth-order valence-electron chi connectivity index (χ4n) is 5.48. The Morgan fingerprint density at radius 1 is 0.927 bits per heavy atom. The van der Waals surface area contributed by atoms with Crippen molar-refractivity contribution in [3.63, 3.8) is 0 Å². The van der Waals surface area contributed by atoms with E-state index < -0.39 is 0 Å². The summed E-state index contributed by atoms with van der Waals surface area (Å²) in [5.41, 5.74) is 1.72. The molecule has 3 aromatic rings. The number of rotatable bonds is 9. The Bertz CT molecular complexity index is 1370. The number of amides is 1. The minimum atomic E-state index is -0.290. The van der Waals surface area contributed by atoms with Gasteiger partial charge in [0.1, 0.15) is 11.4 Å². The number of benzene rings is 2. The Labute approximate surface area is 240 Å². The van der Waals surface area contributed by atoms with Gasteiger partial charge in [-0.05, 0) is 44.0 Å². The van der Waals surface area contributed by atoms with Crippen LogP contribution in [0.4, 0.5) is 11.4 Å². The number of piperidine rings is 1. The Morgan fingerprint density at radius 2 is 1.63 bits per heavy atom. The summed E-state index contributed by atoms with van der Waals surface area (Å²) >= 11 is 0. The molecule has 0 saturated carbocycles. The molecule has 1 amide bonds. The van der Waals surface area contributed by atoms with Crippen LogP contribution in [-0.2, 0) is 14.3 Å².